The fourth-order valence-corrected chi connectivity index (χ4v) is 4.10. The van der Waals surface area contributed by atoms with E-state index in [4.69, 9.17) is 9.15 Å². The first-order valence-corrected chi connectivity index (χ1v) is 9.55. The molecule has 2 aromatic rings. The molecule has 0 N–H and O–H groups in total. The summed E-state index contributed by atoms with van der Waals surface area (Å²) in [5, 5.41) is 8.37. The van der Waals surface area contributed by atoms with E-state index in [1.807, 2.05) is 18.7 Å². The van der Waals surface area contributed by atoms with Crippen molar-refractivity contribution < 1.29 is 18.3 Å². The number of carbonyl (C=O) groups is 1. The molecule has 0 bridgehead atoms. The molecule has 2 aliphatic heterocycles. The fourth-order valence-electron chi connectivity index (χ4n) is 4.10. The fraction of sp³-hybridized carbons (Fsp3) is 0.550. The zero-order valence-electron chi connectivity index (χ0n) is 16.4. The van der Waals surface area contributed by atoms with Gasteiger partial charge in [0.1, 0.15) is 11.6 Å². The van der Waals surface area contributed by atoms with Crippen molar-refractivity contribution in [3.63, 3.8) is 0 Å². The first-order chi connectivity index (χ1) is 13.3. The van der Waals surface area contributed by atoms with Crippen LogP contribution in [-0.4, -0.2) is 59.2 Å². The van der Waals surface area contributed by atoms with E-state index in [1.54, 1.807) is 0 Å². The predicted octanol–water partition coefficient (Wildman–Crippen LogP) is 2.62. The molecule has 1 atom stereocenters. The van der Waals surface area contributed by atoms with Crippen LogP contribution in [0.15, 0.2) is 28.7 Å². The van der Waals surface area contributed by atoms with Crippen LogP contribution in [0.25, 0.3) is 0 Å². The van der Waals surface area contributed by atoms with Gasteiger partial charge in [0.15, 0.2) is 6.61 Å². The molecule has 0 aliphatic carbocycles. The molecule has 150 valence electrons. The maximum Gasteiger partial charge on any atom is 0.260 e. The maximum absolute atomic E-state index is 12.9. The summed E-state index contributed by atoms with van der Waals surface area (Å²) in [5.41, 5.74) is 0.0669. The van der Waals surface area contributed by atoms with Crippen LogP contribution in [0.1, 0.15) is 44.0 Å². The van der Waals surface area contributed by atoms with Crippen molar-refractivity contribution >= 4 is 5.91 Å². The minimum Gasteiger partial charge on any atom is -0.484 e. The Morgan fingerprint density at radius 3 is 2.64 bits per heavy atom. The number of rotatable bonds is 5. The second-order valence-corrected chi connectivity index (χ2v) is 8.26. The lowest BCUT2D eigenvalue weighted by atomic mass is 9.77. The Balaban J connectivity index is 1.31. The summed E-state index contributed by atoms with van der Waals surface area (Å²) in [6, 6.07) is 5.76. The van der Waals surface area contributed by atoms with Crippen molar-refractivity contribution in [2.45, 2.75) is 32.2 Å². The van der Waals surface area contributed by atoms with Gasteiger partial charge in [0.05, 0.1) is 6.04 Å². The molecule has 2 fully saturated rings. The topological polar surface area (TPSA) is 71.7 Å². The number of hydrogen-bond donors (Lipinski definition) is 0. The molecule has 4 rings (SSSR count). The molecule has 3 heterocycles. The monoisotopic (exact) mass is 388 g/mol. The van der Waals surface area contributed by atoms with E-state index < -0.39 is 0 Å². The molecule has 0 radical (unpaired) electrons. The highest BCUT2D eigenvalue weighted by atomic mass is 19.1. The molecule has 0 saturated carbocycles. The highest BCUT2D eigenvalue weighted by Crippen LogP contribution is 2.47. The van der Waals surface area contributed by atoms with Gasteiger partial charge >= 0.3 is 0 Å². The number of aromatic nitrogens is 2. The van der Waals surface area contributed by atoms with Crippen molar-refractivity contribution in [3.8, 4) is 5.75 Å². The number of amides is 1. The standard InChI is InChI=1S/C20H25FN4O3/c1-13(2)18-22-23-19(28-18)16-8-20(10-24(16)3)11-25(12-20)17(26)9-27-15-6-4-14(21)5-7-15/h4-7,13,16H,8-12H2,1-3H3. The van der Waals surface area contributed by atoms with E-state index in [9.17, 15) is 9.18 Å². The Labute approximate surface area is 163 Å². The van der Waals surface area contributed by atoms with Gasteiger partial charge in [-0.3, -0.25) is 9.69 Å². The minimum absolute atomic E-state index is 0.0393. The van der Waals surface area contributed by atoms with Crippen LogP contribution >= 0.6 is 0 Å². The first kappa shape index (κ1) is 18.9. The van der Waals surface area contributed by atoms with E-state index in [1.165, 1.54) is 24.3 Å². The lowest BCUT2D eigenvalue weighted by Gasteiger charge is -2.48. The van der Waals surface area contributed by atoms with Gasteiger partial charge in [-0.15, -0.1) is 10.2 Å². The number of hydrogen-bond acceptors (Lipinski definition) is 6. The molecule has 8 heteroatoms. The van der Waals surface area contributed by atoms with Crippen LogP contribution in [0.5, 0.6) is 5.75 Å². The van der Waals surface area contributed by atoms with Gasteiger partial charge in [0, 0.05) is 31.0 Å². The lowest BCUT2D eigenvalue weighted by molar-refractivity contribution is -0.144. The molecular weight excluding hydrogens is 363 g/mol. The zero-order chi connectivity index (χ0) is 19.9. The lowest BCUT2D eigenvalue weighted by Crippen LogP contribution is -2.60. The Kier molecular flexibility index (Phi) is 4.82. The molecule has 7 nitrogen and oxygen atoms in total. The maximum atomic E-state index is 12.9. The van der Waals surface area contributed by atoms with Gasteiger partial charge in [0.25, 0.3) is 5.91 Å². The molecule has 1 aromatic carbocycles. The average Bonchev–Trinajstić information content (AvgIpc) is 3.24. The quantitative estimate of drug-likeness (QED) is 0.784. The zero-order valence-corrected chi connectivity index (χ0v) is 16.4. The Morgan fingerprint density at radius 1 is 1.29 bits per heavy atom. The second-order valence-electron chi connectivity index (χ2n) is 8.26. The van der Waals surface area contributed by atoms with Crippen molar-refractivity contribution in [2.75, 3.05) is 33.3 Å². The summed E-state index contributed by atoms with van der Waals surface area (Å²) in [6.07, 6.45) is 0.895. The summed E-state index contributed by atoms with van der Waals surface area (Å²) >= 11 is 0. The highest BCUT2D eigenvalue weighted by molar-refractivity contribution is 5.78. The number of halogens is 1. The second kappa shape index (κ2) is 7.16. The summed E-state index contributed by atoms with van der Waals surface area (Å²) < 4.78 is 24.2. The minimum atomic E-state index is -0.329. The smallest absolute Gasteiger partial charge is 0.260 e. The summed E-state index contributed by atoms with van der Waals surface area (Å²) in [5.74, 6) is 1.63. The van der Waals surface area contributed by atoms with Gasteiger partial charge < -0.3 is 14.1 Å². The van der Waals surface area contributed by atoms with E-state index in [0.717, 1.165) is 13.0 Å². The van der Waals surface area contributed by atoms with Crippen LogP contribution in [0.4, 0.5) is 4.39 Å². The normalized spacial score (nSPS) is 21.3. The molecular formula is C20H25FN4O3. The molecule has 1 amide bonds. The molecule has 2 saturated heterocycles. The highest BCUT2D eigenvalue weighted by Gasteiger charge is 2.53. The van der Waals surface area contributed by atoms with Gasteiger partial charge in [-0.05, 0) is 37.7 Å². The molecule has 28 heavy (non-hydrogen) atoms. The third kappa shape index (κ3) is 3.61. The van der Waals surface area contributed by atoms with E-state index in [2.05, 4.69) is 22.1 Å². The van der Waals surface area contributed by atoms with Crippen LogP contribution in [-0.2, 0) is 4.79 Å². The van der Waals surface area contributed by atoms with Crippen molar-refractivity contribution in [1.82, 2.24) is 20.0 Å². The Hall–Kier alpha value is -2.48. The van der Waals surface area contributed by atoms with Crippen LogP contribution in [0.2, 0.25) is 0 Å². The SMILES string of the molecule is CC(C)c1nnc(C2CC3(CN(C(=O)COc4ccc(F)cc4)C3)CN2C)o1. The van der Waals surface area contributed by atoms with E-state index in [-0.39, 0.29) is 35.7 Å². The van der Waals surface area contributed by atoms with Crippen LogP contribution < -0.4 is 4.74 Å². The van der Waals surface area contributed by atoms with Crippen molar-refractivity contribution in [3.05, 3.63) is 41.9 Å². The third-order valence-electron chi connectivity index (χ3n) is 5.56. The number of carbonyl (C=O) groups excluding carboxylic acids is 1. The third-order valence-corrected chi connectivity index (χ3v) is 5.56. The molecule has 1 spiro atoms. The van der Waals surface area contributed by atoms with E-state index in [0.29, 0.717) is 30.6 Å². The number of likely N-dealkylation sites (tertiary alicyclic amines) is 2. The van der Waals surface area contributed by atoms with Crippen molar-refractivity contribution in [2.24, 2.45) is 5.41 Å². The van der Waals surface area contributed by atoms with Gasteiger partial charge in [-0.2, -0.15) is 0 Å². The van der Waals surface area contributed by atoms with Gasteiger partial charge in [-0.25, -0.2) is 4.39 Å². The van der Waals surface area contributed by atoms with E-state index >= 15 is 0 Å². The predicted molar refractivity (Wildman–Crippen MR) is 99.3 cm³/mol. The van der Waals surface area contributed by atoms with Crippen molar-refractivity contribution in [1.29, 1.82) is 0 Å². The molecule has 2 aliphatic rings. The number of ether oxygens (including phenoxy) is 1. The summed E-state index contributed by atoms with van der Waals surface area (Å²) in [4.78, 5) is 16.4. The molecule has 1 aromatic heterocycles. The van der Waals surface area contributed by atoms with Crippen LogP contribution in [0.3, 0.4) is 0 Å². The van der Waals surface area contributed by atoms with Gasteiger partial charge in [0.2, 0.25) is 11.8 Å². The largest absolute Gasteiger partial charge is 0.484 e. The first-order valence-electron chi connectivity index (χ1n) is 9.55. The Bertz CT molecular complexity index is 845. The summed E-state index contributed by atoms with van der Waals surface area (Å²) in [7, 11) is 2.06. The average molecular weight is 388 g/mol. The number of benzene rings is 1. The van der Waals surface area contributed by atoms with Crippen LogP contribution in [0, 0.1) is 11.2 Å². The molecule has 1 unspecified atom stereocenters. The number of nitrogens with zero attached hydrogens (tertiary/aromatic N) is 4. The van der Waals surface area contributed by atoms with Gasteiger partial charge in [-0.1, -0.05) is 13.8 Å². The summed E-state index contributed by atoms with van der Waals surface area (Å²) in [6.45, 7) is 6.30. The Morgan fingerprint density at radius 2 is 2.00 bits per heavy atom.